The summed E-state index contributed by atoms with van der Waals surface area (Å²) in [5.41, 5.74) is 1.98. The normalized spacial score (nSPS) is 15.9. The first-order valence-corrected chi connectivity index (χ1v) is 4.05. The van der Waals surface area contributed by atoms with Crippen LogP contribution >= 0.6 is 0 Å². The van der Waals surface area contributed by atoms with E-state index in [2.05, 4.69) is 4.74 Å². The van der Waals surface area contributed by atoms with Gasteiger partial charge in [0.1, 0.15) is 6.61 Å². The zero-order valence-electron chi connectivity index (χ0n) is 7.36. The molecule has 78 valence electrons. The molecule has 3 amide bonds. The topological polar surface area (TPSA) is 95.9 Å². The number of nitrogens with zero attached hydrogens (tertiary/aromatic N) is 1. The molecule has 1 aliphatic rings. The molecule has 7 nitrogen and oxygen atoms in total. The molecule has 7 heteroatoms. The summed E-state index contributed by atoms with van der Waals surface area (Å²) in [4.78, 5) is 32.8. The van der Waals surface area contributed by atoms with Crippen LogP contribution in [0, 0.1) is 0 Å². The number of ether oxygens (including phenoxy) is 1. The maximum Gasteiger partial charge on any atom is 0.426 e. The first kappa shape index (κ1) is 10.5. The quantitative estimate of drug-likeness (QED) is 0.558. The van der Waals surface area contributed by atoms with E-state index in [9.17, 15) is 14.4 Å². The summed E-state index contributed by atoms with van der Waals surface area (Å²) in [6, 6.07) is 0. The summed E-state index contributed by atoms with van der Waals surface area (Å²) in [6.07, 6.45) is -0.735. The van der Waals surface area contributed by atoms with Gasteiger partial charge in [-0.05, 0) is 0 Å². The minimum absolute atomic E-state index is 0.0963. The summed E-state index contributed by atoms with van der Waals surface area (Å²) < 4.78 is 4.40. The Morgan fingerprint density at radius 2 is 2.00 bits per heavy atom. The van der Waals surface area contributed by atoms with Gasteiger partial charge in [0.2, 0.25) is 11.8 Å². The lowest BCUT2D eigenvalue weighted by molar-refractivity contribution is -0.141. The van der Waals surface area contributed by atoms with E-state index in [4.69, 9.17) is 5.11 Å². The third-order valence-corrected chi connectivity index (χ3v) is 1.58. The molecule has 0 aromatic carbocycles. The molecule has 0 aromatic heterocycles. The molecule has 1 aliphatic heterocycles. The van der Waals surface area contributed by atoms with Crippen molar-refractivity contribution in [1.82, 2.24) is 10.4 Å². The molecular formula is C7H10N2O5. The molecule has 0 bridgehead atoms. The Morgan fingerprint density at radius 1 is 1.43 bits per heavy atom. The Labute approximate surface area is 79.6 Å². The second-order valence-electron chi connectivity index (χ2n) is 2.59. The van der Waals surface area contributed by atoms with Crippen LogP contribution in [0.25, 0.3) is 0 Å². The summed E-state index contributed by atoms with van der Waals surface area (Å²) >= 11 is 0. The van der Waals surface area contributed by atoms with Gasteiger partial charge in [0.05, 0.1) is 6.61 Å². The van der Waals surface area contributed by atoms with Gasteiger partial charge in [-0.3, -0.25) is 9.59 Å². The first-order chi connectivity index (χ1) is 6.65. The van der Waals surface area contributed by atoms with E-state index in [1.807, 2.05) is 5.43 Å². The Kier molecular flexibility index (Phi) is 3.41. The fourth-order valence-electron chi connectivity index (χ4n) is 0.963. The smallest absolute Gasteiger partial charge is 0.426 e. The summed E-state index contributed by atoms with van der Waals surface area (Å²) in [5.74, 6) is -0.924. The van der Waals surface area contributed by atoms with Gasteiger partial charge in [0, 0.05) is 12.8 Å². The average molecular weight is 202 g/mol. The number of rotatable bonds is 3. The lowest BCUT2D eigenvalue weighted by Crippen LogP contribution is -2.45. The van der Waals surface area contributed by atoms with E-state index in [-0.39, 0.29) is 26.1 Å². The molecular weight excluding hydrogens is 192 g/mol. The Balaban J connectivity index is 2.39. The molecule has 14 heavy (non-hydrogen) atoms. The zero-order chi connectivity index (χ0) is 10.6. The lowest BCUT2D eigenvalue weighted by atomic mass is 10.4. The van der Waals surface area contributed by atoms with Gasteiger partial charge in [-0.25, -0.2) is 10.2 Å². The van der Waals surface area contributed by atoms with Gasteiger partial charge in [-0.15, -0.1) is 0 Å². The van der Waals surface area contributed by atoms with Crippen molar-refractivity contribution in [1.29, 1.82) is 0 Å². The monoisotopic (exact) mass is 202 g/mol. The van der Waals surface area contributed by atoms with Gasteiger partial charge in [-0.2, -0.15) is 5.01 Å². The third-order valence-electron chi connectivity index (χ3n) is 1.58. The number of hydrogen-bond acceptors (Lipinski definition) is 5. The number of carbonyl (C=O) groups is 3. The van der Waals surface area contributed by atoms with Gasteiger partial charge >= 0.3 is 6.09 Å². The van der Waals surface area contributed by atoms with Crippen molar-refractivity contribution in [3.63, 3.8) is 0 Å². The Morgan fingerprint density at radius 3 is 2.50 bits per heavy atom. The minimum Gasteiger partial charge on any atom is -0.446 e. The van der Waals surface area contributed by atoms with E-state index < -0.39 is 17.9 Å². The van der Waals surface area contributed by atoms with Crippen molar-refractivity contribution >= 4 is 17.9 Å². The molecule has 0 spiro atoms. The number of amides is 3. The highest BCUT2D eigenvalue weighted by molar-refractivity contribution is 6.02. The molecule has 0 atom stereocenters. The largest absolute Gasteiger partial charge is 0.446 e. The van der Waals surface area contributed by atoms with Crippen molar-refractivity contribution in [2.75, 3.05) is 13.2 Å². The van der Waals surface area contributed by atoms with Gasteiger partial charge in [0.15, 0.2) is 0 Å². The fourth-order valence-corrected chi connectivity index (χ4v) is 0.963. The van der Waals surface area contributed by atoms with Crippen LogP contribution in [0.1, 0.15) is 12.8 Å². The van der Waals surface area contributed by atoms with E-state index >= 15 is 0 Å². The second kappa shape index (κ2) is 4.56. The van der Waals surface area contributed by atoms with Crippen molar-refractivity contribution in [3.8, 4) is 0 Å². The molecule has 0 unspecified atom stereocenters. The van der Waals surface area contributed by atoms with Gasteiger partial charge in [-0.1, -0.05) is 0 Å². The molecule has 0 aromatic rings. The van der Waals surface area contributed by atoms with Crippen LogP contribution in [0.2, 0.25) is 0 Å². The predicted molar refractivity (Wildman–Crippen MR) is 42.7 cm³/mol. The van der Waals surface area contributed by atoms with Gasteiger partial charge in [0.25, 0.3) is 0 Å². The van der Waals surface area contributed by atoms with Crippen molar-refractivity contribution < 1.29 is 24.2 Å². The van der Waals surface area contributed by atoms with Crippen molar-refractivity contribution in [2.45, 2.75) is 12.8 Å². The van der Waals surface area contributed by atoms with Crippen LogP contribution in [-0.2, 0) is 14.3 Å². The van der Waals surface area contributed by atoms with E-state index in [0.717, 1.165) is 0 Å². The first-order valence-electron chi connectivity index (χ1n) is 4.05. The Bertz CT molecular complexity index is 249. The molecule has 1 heterocycles. The molecule has 0 aliphatic carbocycles. The van der Waals surface area contributed by atoms with Crippen LogP contribution in [0.15, 0.2) is 0 Å². The highest BCUT2D eigenvalue weighted by atomic mass is 16.6. The van der Waals surface area contributed by atoms with Crippen molar-refractivity contribution in [2.24, 2.45) is 0 Å². The molecule has 1 fully saturated rings. The molecule has 0 saturated carbocycles. The number of carbonyl (C=O) groups excluding carboxylic acids is 3. The van der Waals surface area contributed by atoms with E-state index in [0.29, 0.717) is 5.01 Å². The standard InChI is InChI=1S/C7H10N2O5/c10-3-4-14-7(13)8-9-5(11)1-2-6(9)12/h10H,1-4H2,(H,8,13). The molecule has 1 saturated heterocycles. The number of aliphatic hydroxyl groups is 1. The molecule has 1 rings (SSSR count). The number of hydrazine groups is 1. The van der Waals surface area contributed by atoms with Gasteiger partial charge < -0.3 is 9.84 Å². The van der Waals surface area contributed by atoms with Crippen molar-refractivity contribution in [3.05, 3.63) is 0 Å². The van der Waals surface area contributed by atoms with Crippen LogP contribution < -0.4 is 5.43 Å². The minimum atomic E-state index is -0.928. The average Bonchev–Trinajstić information content (AvgIpc) is 2.46. The predicted octanol–water partition coefficient (Wildman–Crippen LogP) is -1.23. The lowest BCUT2D eigenvalue weighted by Gasteiger charge is -2.14. The number of hydrogen-bond donors (Lipinski definition) is 2. The van der Waals surface area contributed by atoms with E-state index in [1.165, 1.54) is 0 Å². The fraction of sp³-hybridized carbons (Fsp3) is 0.571. The van der Waals surface area contributed by atoms with Crippen LogP contribution in [-0.4, -0.2) is 41.2 Å². The maximum absolute atomic E-state index is 11.0. The maximum atomic E-state index is 11.0. The highest BCUT2D eigenvalue weighted by Gasteiger charge is 2.30. The van der Waals surface area contributed by atoms with Crippen LogP contribution in [0.4, 0.5) is 4.79 Å². The third kappa shape index (κ3) is 2.43. The molecule has 0 radical (unpaired) electrons. The van der Waals surface area contributed by atoms with Crippen LogP contribution in [0.5, 0.6) is 0 Å². The highest BCUT2D eigenvalue weighted by Crippen LogP contribution is 2.08. The zero-order valence-corrected chi connectivity index (χ0v) is 7.36. The number of imide groups is 1. The van der Waals surface area contributed by atoms with Crippen LogP contribution in [0.3, 0.4) is 0 Å². The summed E-state index contributed by atoms with van der Waals surface area (Å²) in [5, 5.41) is 8.95. The number of aliphatic hydroxyl groups excluding tert-OH is 1. The Hall–Kier alpha value is -1.63. The summed E-state index contributed by atoms with van der Waals surface area (Å²) in [7, 11) is 0. The molecule has 2 N–H and O–H groups in total. The number of nitrogens with one attached hydrogen (secondary N) is 1. The van der Waals surface area contributed by atoms with E-state index in [1.54, 1.807) is 0 Å². The SMILES string of the molecule is O=C(NN1C(=O)CCC1=O)OCCO. The summed E-state index contributed by atoms with van der Waals surface area (Å²) in [6.45, 7) is -0.489. The second-order valence-corrected chi connectivity index (χ2v) is 2.59.